The maximum Gasteiger partial charge on any atom is 0.270 e. The van der Waals surface area contributed by atoms with Gasteiger partial charge in [0.05, 0.1) is 10.3 Å². The molecule has 7 heteroatoms. The van der Waals surface area contributed by atoms with Crippen LogP contribution in [0.4, 0.5) is 5.69 Å². The number of nitrogens with one attached hydrogen (secondary N) is 1. The summed E-state index contributed by atoms with van der Waals surface area (Å²) in [6.07, 6.45) is 0. The molecule has 0 amide bonds. The first-order valence-corrected chi connectivity index (χ1v) is 8.27. The Labute approximate surface area is 145 Å². The number of nitrogens with zero attached hydrogens (tertiary/aromatic N) is 2. The SMILES string of the molecule is O=c1[nH]c(-c2cccc([N+](=O)[O-])c2)nc2sc(-c3ccccc3)cc12. The second kappa shape index (κ2) is 5.95. The number of nitro benzene ring substituents is 1. The third-order valence-corrected chi connectivity index (χ3v) is 4.87. The lowest BCUT2D eigenvalue weighted by Crippen LogP contribution is -2.08. The monoisotopic (exact) mass is 349 g/mol. The van der Waals surface area contributed by atoms with Crippen molar-refractivity contribution in [2.24, 2.45) is 0 Å². The van der Waals surface area contributed by atoms with Gasteiger partial charge in [-0.1, -0.05) is 42.5 Å². The number of rotatable bonds is 3. The van der Waals surface area contributed by atoms with Gasteiger partial charge >= 0.3 is 0 Å². The lowest BCUT2D eigenvalue weighted by Gasteiger charge is -2.00. The Morgan fingerprint density at radius 2 is 1.76 bits per heavy atom. The Morgan fingerprint density at radius 3 is 2.52 bits per heavy atom. The molecule has 0 aliphatic rings. The van der Waals surface area contributed by atoms with E-state index in [2.05, 4.69) is 9.97 Å². The smallest absolute Gasteiger partial charge is 0.270 e. The summed E-state index contributed by atoms with van der Waals surface area (Å²) < 4.78 is 0. The molecule has 0 bridgehead atoms. The molecular formula is C18H11N3O3S. The summed E-state index contributed by atoms with van der Waals surface area (Å²) in [5.41, 5.74) is 1.21. The van der Waals surface area contributed by atoms with Crippen molar-refractivity contribution in [2.75, 3.05) is 0 Å². The Morgan fingerprint density at radius 1 is 1.00 bits per heavy atom. The minimum Gasteiger partial charge on any atom is -0.306 e. The van der Waals surface area contributed by atoms with Gasteiger partial charge in [-0.25, -0.2) is 4.98 Å². The topological polar surface area (TPSA) is 88.9 Å². The van der Waals surface area contributed by atoms with Crippen molar-refractivity contribution in [2.45, 2.75) is 0 Å². The predicted molar refractivity (Wildman–Crippen MR) is 97.8 cm³/mol. The number of benzene rings is 2. The molecule has 25 heavy (non-hydrogen) atoms. The van der Waals surface area contributed by atoms with E-state index < -0.39 is 4.92 Å². The number of hydrogen-bond donors (Lipinski definition) is 1. The van der Waals surface area contributed by atoms with Crippen molar-refractivity contribution in [3.05, 3.63) is 81.1 Å². The molecule has 4 rings (SSSR count). The van der Waals surface area contributed by atoms with Gasteiger partial charge in [0, 0.05) is 22.6 Å². The first-order valence-electron chi connectivity index (χ1n) is 7.46. The molecule has 0 atom stereocenters. The van der Waals surface area contributed by atoms with Crippen LogP contribution >= 0.6 is 11.3 Å². The van der Waals surface area contributed by atoms with Gasteiger partial charge in [0.1, 0.15) is 10.7 Å². The standard InChI is InChI=1S/C18H11N3O3S/c22-17-14-10-15(11-5-2-1-3-6-11)25-18(14)20-16(19-17)12-7-4-8-13(9-12)21(23)24/h1-10H,(H,19,20,22). The summed E-state index contributed by atoms with van der Waals surface area (Å²) in [5, 5.41) is 11.5. The molecule has 0 saturated heterocycles. The van der Waals surface area contributed by atoms with Crippen LogP contribution in [0.15, 0.2) is 65.5 Å². The average molecular weight is 349 g/mol. The molecule has 0 radical (unpaired) electrons. The number of non-ortho nitro benzene ring substituents is 1. The zero-order valence-corrected chi connectivity index (χ0v) is 13.6. The Bertz CT molecular complexity index is 1150. The quantitative estimate of drug-likeness (QED) is 0.443. The first-order chi connectivity index (χ1) is 12.1. The number of aromatic nitrogens is 2. The van der Waals surface area contributed by atoms with Crippen LogP contribution in [0.2, 0.25) is 0 Å². The van der Waals surface area contributed by atoms with Crippen LogP contribution in [-0.2, 0) is 0 Å². The molecule has 0 spiro atoms. The van der Waals surface area contributed by atoms with Crippen molar-refractivity contribution in [1.29, 1.82) is 0 Å². The molecule has 6 nitrogen and oxygen atoms in total. The number of hydrogen-bond acceptors (Lipinski definition) is 5. The lowest BCUT2D eigenvalue weighted by molar-refractivity contribution is -0.384. The highest BCUT2D eigenvalue weighted by Gasteiger charge is 2.13. The molecule has 0 unspecified atom stereocenters. The minimum atomic E-state index is -0.473. The maximum absolute atomic E-state index is 12.4. The van der Waals surface area contributed by atoms with E-state index in [1.807, 2.05) is 36.4 Å². The van der Waals surface area contributed by atoms with E-state index in [0.29, 0.717) is 21.6 Å². The van der Waals surface area contributed by atoms with Gasteiger partial charge in [0.15, 0.2) is 0 Å². The fourth-order valence-electron chi connectivity index (χ4n) is 2.58. The number of H-pyrrole nitrogens is 1. The van der Waals surface area contributed by atoms with E-state index in [1.165, 1.54) is 23.5 Å². The molecule has 0 aliphatic heterocycles. The molecular weight excluding hydrogens is 338 g/mol. The number of nitro groups is 1. The average Bonchev–Trinajstić information content (AvgIpc) is 3.07. The van der Waals surface area contributed by atoms with E-state index in [9.17, 15) is 14.9 Å². The van der Waals surface area contributed by atoms with Gasteiger partial charge in [-0.2, -0.15) is 0 Å². The highest BCUT2D eigenvalue weighted by molar-refractivity contribution is 7.21. The van der Waals surface area contributed by atoms with Crippen molar-refractivity contribution in [3.63, 3.8) is 0 Å². The molecule has 1 N–H and O–H groups in total. The highest BCUT2D eigenvalue weighted by Crippen LogP contribution is 2.31. The predicted octanol–water partition coefficient (Wildman–Crippen LogP) is 4.23. The van der Waals surface area contributed by atoms with Crippen LogP contribution in [0.3, 0.4) is 0 Å². The number of thiophene rings is 1. The minimum absolute atomic E-state index is 0.0450. The van der Waals surface area contributed by atoms with Gasteiger partial charge in [-0.15, -0.1) is 11.3 Å². The summed E-state index contributed by atoms with van der Waals surface area (Å²) in [6, 6.07) is 17.6. The maximum atomic E-state index is 12.4. The highest BCUT2D eigenvalue weighted by atomic mass is 32.1. The summed E-state index contributed by atoms with van der Waals surface area (Å²) >= 11 is 1.42. The first kappa shape index (κ1) is 15.2. The summed E-state index contributed by atoms with van der Waals surface area (Å²) in [4.78, 5) is 31.6. The lowest BCUT2D eigenvalue weighted by atomic mass is 10.2. The molecule has 2 aromatic carbocycles. The fourth-order valence-corrected chi connectivity index (χ4v) is 3.62. The van der Waals surface area contributed by atoms with Crippen LogP contribution in [0, 0.1) is 10.1 Å². The van der Waals surface area contributed by atoms with E-state index >= 15 is 0 Å². The number of fused-ring (bicyclic) bond motifs is 1. The van der Waals surface area contributed by atoms with Gasteiger partial charge in [0.2, 0.25) is 0 Å². The van der Waals surface area contributed by atoms with Crippen molar-refractivity contribution in [3.8, 4) is 21.8 Å². The molecule has 0 fully saturated rings. The fraction of sp³-hybridized carbons (Fsp3) is 0. The van der Waals surface area contributed by atoms with Crippen LogP contribution in [0.5, 0.6) is 0 Å². The second-order valence-corrected chi connectivity index (χ2v) is 6.45. The normalized spacial score (nSPS) is 10.9. The van der Waals surface area contributed by atoms with Gasteiger partial charge in [-0.3, -0.25) is 14.9 Å². The van der Waals surface area contributed by atoms with Crippen molar-refractivity contribution < 1.29 is 4.92 Å². The Hall–Kier alpha value is -3.32. The van der Waals surface area contributed by atoms with E-state index in [0.717, 1.165) is 10.4 Å². The van der Waals surface area contributed by atoms with Crippen LogP contribution in [0.1, 0.15) is 0 Å². The van der Waals surface area contributed by atoms with Crippen molar-refractivity contribution in [1.82, 2.24) is 9.97 Å². The third-order valence-electron chi connectivity index (χ3n) is 3.79. The van der Waals surface area contributed by atoms with Crippen LogP contribution in [-0.4, -0.2) is 14.9 Å². The van der Waals surface area contributed by atoms with Gasteiger partial charge in [-0.05, 0) is 11.6 Å². The summed E-state index contributed by atoms with van der Waals surface area (Å²) in [7, 11) is 0. The van der Waals surface area contributed by atoms with Crippen LogP contribution < -0.4 is 5.56 Å². The molecule has 2 heterocycles. The zero-order chi connectivity index (χ0) is 17.4. The van der Waals surface area contributed by atoms with E-state index in [-0.39, 0.29) is 11.2 Å². The number of aromatic amines is 1. The third kappa shape index (κ3) is 2.81. The van der Waals surface area contributed by atoms with Gasteiger partial charge < -0.3 is 4.98 Å². The summed E-state index contributed by atoms with van der Waals surface area (Å²) in [6.45, 7) is 0. The largest absolute Gasteiger partial charge is 0.306 e. The molecule has 4 aromatic rings. The summed E-state index contributed by atoms with van der Waals surface area (Å²) in [5.74, 6) is 0.322. The van der Waals surface area contributed by atoms with E-state index in [4.69, 9.17) is 0 Å². The zero-order valence-electron chi connectivity index (χ0n) is 12.8. The molecule has 2 aromatic heterocycles. The second-order valence-electron chi connectivity index (χ2n) is 5.42. The van der Waals surface area contributed by atoms with Gasteiger partial charge in [0.25, 0.3) is 11.2 Å². The Kier molecular flexibility index (Phi) is 3.62. The molecule has 0 saturated carbocycles. The van der Waals surface area contributed by atoms with E-state index in [1.54, 1.807) is 12.1 Å². The Balaban J connectivity index is 1.86. The molecule has 0 aliphatic carbocycles. The molecule has 122 valence electrons. The van der Waals surface area contributed by atoms with Crippen LogP contribution in [0.25, 0.3) is 32.0 Å². The van der Waals surface area contributed by atoms with Crippen molar-refractivity contribution >= 4 is 27.2 Å².